The van der Waals surface area contributed by atoms with Gasteiger partial charge in [-0.15, -0.1) is 11.3 Å². The number of amides is 1. The van der Waals surface area contributed by atoms with Crippen LogP contribution in [0.5, 0.6) is 0 Å². The minimum Gasteiger partial charge on any atom is -0.364 e. The molecule has 2 aliphatic rings. The number of fused-ring (bicyclic) bond motifs is 2. The van der Waals surface area contributed by atoms with Crippen molar-refractivity contribution >= 4 is 44.2 Å². The normalized spacial score (nSPS) is 20.9. The van der Waals surface area contributed by atoms with Gasteiger partial charge in [0.25, 0.3) is 5.91 Å². The minimum atomic E-state index is -4.24. The largest absolute Gasteiger partial charge is 0.393 e. The number of nitrogens with zero attached hydrogens (tertiary/aromatic N) is 4. The SMILES string of the molecule is NC(=O)c1cc2cc(CN3CCC4(CCN(c5ncnc6sc(CC(F)(F)F)cc56)C4)C3)ccc2[nH]1. The van der Waals surface area contributed by atoms with Crippen molar-refractivity contribution in [3.05, 3.63) is 52.8 Å². The quantitative estimate of drug-likeness (QED) is 0.410. The number of anilines is 1. The van der Waals surface area contributed by atoms with Gasteiger partial charge in [0, 0.05) is 47.4 Å². The van der Waals surface area contributed by atoms with Crippen molar-refractivity contribution in [2.45, 2.75) is 32.0 Å². The van der Waals surface area contributed by atoms with E-state index in [1.165, 1.54) is 11.9 Å². The third-order valence-electron chi connectivity index (χ3n) is 7.35. The molecule has 5 heterocycles. The maximum atomic E-state index is 12.9. The number of nitrogens with one attached hydrogen (secondary N) is 1. The number of hydrogen-bond acceptors (Lipinski definition) is 6. The molecule has 0 radical (unpaired) electrons. The number of hydrogen-bond donors (Lipinski definition) is 2. The molecular weight excluding hydrogens is 489 g/mol. The molecule has 3 N–H and O–H groups in total. The summed E-state index contributed by atoms with van der Waals surface area (Å²) in [5.41, 5.74) is 8.00. The highest BCUT2D eigenvalue weighted by atomic mass is 32.1. The number of carbonyl (C=O) groups excluding carboxylic acids is 1. The van der Waals surface area contributed by atoms with Gasteiger partial charge in [-0.3, -0.25) is 9.69 Å². The second-order valence-corrected chi connectivity index (χ2v) is 11.1. The lowest BCUT2D eigenvalue weighted by molar-refractivity contribution is -0.126. The number of benzene rings is 1. The fraction of sp³-hybridized carbons (Fsp3) is 0.400. The average Bonchev–Trinajstić information content (AvgIpc) is 3.58. The third-order valence-corrected chi connectivity index (χ3v) is 8.39. The molecule has 7 nitrogen and oxygen atoms in total. The van der Waals surface area contributed by atoms with Crippen LogP contribution in [0.25, 0.3) is 21.1 Å². The van der Waals surface area contributed by atoms with Crippen LogP contribution in [-0.2, 0) is 13.0 Å². The standard InChI is InChI=1S/C25H25F3N6OS/c26-25(27,28)10-17-9-18-22(30-14-31-23(18)36-17)34-6-4-24(13-34)3-5-33(12-24)11-15-1-2-19-16(7-15)8-20(32-19)21(29)35/h1-2,7-9,14,32H,3-6,10-13H2,(H2,29,35). The molecule has 3 aromatic heterocycles. The summed E-state index contributed by atoms with van der Waals surface area (Å²) in [6.45, 7) is 4.42. The Morgan fingerprint density at radius 2 is 1.97 bits per heavy atom. The van der Waals surface area contributed by atoms with Crippen molar-refractivity contribution in [3.8, 4) is 0 Å². The molecule has 0 aliphatic carbocycles. The molecule has 4 aromatic rings. The zero-order chi connectivity index (χ0) is 25.1. The lowest BCUT2D eigenvalue weighted by Gasteiger charge is -2.25. The number of aromatic amines is 1. The monoisotopic (exact) mass is 514 g/mol. The minimum absolute atomic E-state index is 0.138. The van der Waals surface area contributed by atoms with E-state index in [1.807, 2.05) is 6.07 Å². The zero-order valence-corrected chi connectivity index (χ0v) is 20.3. The second-order valence-electron chi connectivity index (χ2n) is 10.0. The van der Waals surface area contributed by atoms with E-state index in [1.54, 1.807) is 12.1 Å². The van der Waals surface area contributed by atoms with Crippen LogP contribution in [0.2, 0.25) is 0 Å². The number of nitrogens with two attached hydrogens (primary N) is 1. The first-order chi connectivity index (χ1) is 17.2. The summed E-state index contributed by atoms with van der Waals surface area (Å²) >= 11 is 1.09. The Morgan fingerprint density at radius 3 is 2.78 bits per heavy atom. The molecule has 1 aromatic carbocycles. The van der Waals surface area contributed by atoms with Gasteiger partial charge < -0.3 is 15.6 Å². The average molecular weight is 515 g/mol. The molecule has 188 valence electrons. The first kappa shape index (κ1) is 23.2. The van der Waals surface area contributed by atoms with E-state index in [4.69, 9.17) is 5.73 Å². The Balaban J connectivity index is 1.16. The maximum Gasteiger partial charge on any atom is 0.393 e. The van der Waals surface area contributed by atoms with Gasteiger partial charge in [-0.05, 0) is 49.2 Å². The number of primary amides is 1. The van der Waals surface area contributed by atoms with Gasteiger partial charge in [0.05, 0.1) is 11.8 Å². The molecule has 2 saturated heterocycles. The van der Waals surface area contributed by atoms with Crippen LogP contribution in [0.1, 0.15) is 33.8 Å². The highest BCUT2D eigenvalue weighted by Crippen LogP contribution is 2.43. The Labute approximate surface area is 209 Å². The van der Waals surface area contributed by atoms with Gasteiger partial charge in [0.1, 0.15) is 22.7 Å². The van der Waals surface area contributed by atoms with Crippen molar-refractivity contribution in [1.82, 2.24) is 19.9 Å². The molecule has 1 spiro atoms. The second kappa shape index (κ2) is 8.45. The van der Waals surface area contributed by atoms with Crippen LogP contribution in [0.4, 0.5) is 19.0 Å². The number of halogens is 3. The van der Waals surface area contributed by atoms with E-state index in [9.17, 15) is 18.0 Å². The van der Waals surface area contributed by atoms with Gasteiger partial charge in [-0.25, -0.2) is 9.97 Å². The lowest BCUT2D eigenvalue weighted by atomic mass is 9.86. The summed E-state index contributed by atoms with van der Waals surface area (Å²) in [7, 11) is 0. The first-order valence-electron chi connectivity index (χ1n) is 11.9. The number of rotatable bonds is 5. The van der Waals surface area contributed by atoms with Gasteiger partial charge in [-0.2, -0.15) is 13.2 Å². The van der Waals surface area contributed by atoms with Crippen LogP contribution in [-0.4, -0.2) is 58.1 Å². The Bertz CT molecular complexity index is 1460. The predicted octanol–water partition coefficient (Wildman–Crippen LogP) is 4.48. The molecule has 1 unspecified atom stereocenters. The summed E-state index contributed by atoms with van der Waals surface area (Å²) < 4.78 is 38.7. The highest BCUT2D eigenvalue weighted by Gasteiger charge is 2.44. The molecule has 6 rings (SSSR count). The van der Waals surface area contributed by atoms with Crippen LogP contribution < -0.4 is 10.6 Å². The summed E-state index contributed by atoms with van der Waals surface area (Å²) in [5, 5.41) is 1.68. The van der Waals surface area contributed by atoms with Crippen molar-refractivity contribution in [2.24, 2.45) is 11.1 Å². The van der Waals surface area contributed by atoms with E-state index in [0.717, 1.165) is 73.6 Å². The Hall–Kier alpha value is -3.18. The van der Waals surface area contributed by atoms with Crippen LogP contribution in [0, 0.1) is 5.41 Å². The molecule has 2 fully saturated rings. The van der Waals surface area contributed by atoms with Crippen LogP contribution in [0.3, 0.4) is 0 Å². The van der Waals surface area contributed by atoms with Gasteiger partial charge in [-0.1, -0.05) is 6.07 Å². The van der Waals surface area contributed by atoms with E-state index in [2.05, 4.69) is 36.9 Å². The molecule has 0 bridgehead atoms. The number of alkyl halides is 3. The van der Waals surface area contributed by atoms with Crippen molar-refractivity contribution < 1.29 is 18.0 Å². The number of H-pyrrole nitrogens is 1. The lowest BCUT2D eigenvalue weighted by Crippen LogP contribution is -2.31. The number of carbonyl (C=O) groups is 1. The molecular formula is C25H25F3N6OS. The maximum absolute atomic E-state index is 12.9. The summed E-state index contributed by atoms with van der Waals surface area (Å²) in [6.07, 6.45) is -1.63. The van der Waals surface area contributed by atoms with Gasteiger partial charge >= 0.3 is 6.18 Å². The number of thiophene rings is 1. The Kier molecular flexibility index (Phi) is 5.45. The Morgan fingerprint density at radius 1 is 1.14 bits per heavy atom. The van der Waals surface area contributed by atoms with Crippen LogP contribution >= 0.6 is 11.3 Å². The fourth-order valence-electron chi connectivity index (χ4n) is 5.71. The summed E-state index contributed by atoms with van der Waals surface area (Å²) in [6, 6.07) is 9.54. The van der Waals surface area contributed by atoms with Gasteiger partial charge in [0.15, 0.2) is 0 Å². The van der Waals surface area contributed by atoms with Crippen molar-refractivity contribution in [3.63, 3.8) is 0 Å². The number of aromatic nitrogens is 3. The first-order valence-corrected chi connectivity index (χ1v) is 12.7. The smallest absolute Gasteiger partial charge is 0.364 e. The van der Waals surface area contributed by atoms with Crippen LogP contribution in [0.15, 0.2) is 36.7 Å². The van der Waals surface area contributed by atoms with Crippen molar-refractivity contribution in [2.75, 3.05) is 31.1 Å². The molecule has 36 heavy (non-hydrogen) atoms. The topological polar surface area (TPSA) is 91.1 Å². The highest BCUT2D eigenvalue weighted by molar-refractivity contribution is 7.18. The van der Waals surface area contributed by atoms with E-state index in [-0.39, 0.29) is 10.3 Å². The third kappa shape index (κ3) is 4.41. The van der Waals surface area contributed by atoms with E-state index in [0.29, 0.717) is 15.9 Å². The molecule has 2 aliphatic heterocycles. The zero-order valence-electron chi connectivity index (χ0n) is 19.4. The molecule has 1 atom stereocenters. The van der Waals surface area contributed by atoms with E-state index < -0.39 is 18.5 Å². The summed E-state index contributed by atoms with van der Waals surface area (Å²) in [5.74, 6) is 0.267. The van der Waals surface area contributed by atoms with Crippen molar-refractivity contribution in [1.29, 1.82) is 0 Å². The summed E-state index contributed by atoms with van der Waals surface area (Å²) in [4.78, 5) is 28.7. The molecule has 11 heteroatoms. The number of likely N-dealkylation sites (tertiary alicyclic amines) is 1. The fourth-order valence-corrected chi connectivity index (χ4v) is 6.73. The predicted molar refractivity (Wildman–Crippen MR) is 133 cm³/mol. The molecule has 1 amide bonds. The van der Waals surface area contributed by atoms with E-state index >= 15 is 0 Å². The van der Waals surface area contributed by atoms with Gasteiger partial charge in [0.2, 0.25) is 0 Å². The molecule has 0 saturated carbocycles.